The molecule has 0 spiro atoms. The lowest BCUT2D eigenvalue weighted by Crippen LogP contribution is -2.13. The molecule has 2 N–H and O–H groups in total. The van der Waals surface area contributed by atoms with Crippen molar-refractivity contribution in [3.05, 3.63) is 76.8 Å². The summed E-state index contributed by atoms with van der Waals surface area (Å²) in [5, 5.41) is 7.00. The number of nitrogens with one attached hydrogen (secondary N) is 2. The molecule has 0 aliphatic rings. The maximum atomic E-state index is 12.3. The number of nitrogens with zero attached hydrogens (tertiary/aromatic N) is 2. The molecule has 24 heavy (non-hydrogen) atoms. The Balaban J connectivity index is 1.79. The molecule has 5 nitrogen and oxygen atoms in total. The maximum Gasteiger partial charge on any atom is 0.257 e. The van der Waals surface area contributed by atoms with Crippen molar-refractivity contribution in [2.45, 2.75) is 0 Å². The Morgan fingerprint density at radius 2 is 1.71 bits per heavy atom. The summed E-state index contributed by atoms with van der Waals surface area (Å²) in [6, 6.07) is 12.1. The van der Waals surface area contributed by atoms with Gasteiger partial charge in [-0.05, 0) is 42.5 Å². The van der Waals surface area contributed by atoms with Crippen LogP contribution in [-0.4, -0.2) is 15.9 Å². The highest BCUT2D eigenvalue weighted by Gasteiger charge is 2.10. The number of aromatic nitrogens is 2. The van der Waals surface area contributed by atoms with E-state index in [1.54, 1.807) is 42.7 Å². The first-order valence-electron chi connectivity index (χ1n) is 7.01. The molecule has 0 saturated heterocycles. The summed E-state index contributed by atoms with van der Waals surface area (Å²) in [6.07, 6.45) is 4.65. The van der Waals surface area contributed by atoms with Gasteiger partial charge in [0.2, 0.25) is 0 Å². The van der Waals surface area contributed by atoms with Crippen LogP contribution < -0.4 is 10.6 Å². The summed E-state index contributed by atoms with van der Waals surface area (Å²) < 4.78 is 0. The van der Waals surface area contributed by atoms with Crippen molar-refractivity contribution in [2.24, 2.45) is 0 Å². The topological polar surface area (TPSA) is 66.9 Å². The van der Waals surface area contributed by atoms with Crippen molar-refractivity contribution in [3.63, 3.8) is 0 Å². The summed E-state index contributed by atoms with van der Waals surface area (Å²) in [5.74, 6) is -0.287. The zero-order valence-corrected chi connectivity index (χ0v) is 13.8. The van der Waals surface area contributed by atoms with Crippen LogP contribution >= 0.6 is 23.2 Å². The van der Waals surface area contributed by atoms with Gasteiger partial charge in [0.05, 0.1) is 23.1 Å². The third-order valence-electron chi connectivity index (χ3n) is 3.18. The Kier molecular flexibility index (Phi) is 4.93. The first-order chi connectivity index (χ1) is 11.6. The molecule has 2 aromatic heterocycles. The molecule has 120 valence electrons. The molecule has 2 heterocycles. The van der Waals surface area contributed by atoms with Crippen LogP contribution in [0.2, 0.25) is 10.2 Å². The van der Waals surface area contributed by atoms with Crippen LogP contribution in [0.25, 0.3) is 0 Å². The Hall–Kier alpha value is -2.63. The minimum absolute atomic E-state index is 0.287. The molecule has 1 amide bonds. The normalized spacial score (nSPS) is 10.2. The van der Waals surface area contributed by atoms with Crippen LogP contribution in [0.3, 0.4) is 0 Å². The summed E-state index contributed by atoms with van der Waals surface area (Å²) in [4.78, 5) is 20.3. The van der Waals surface area contributed by atoms with Gasteiger partial charge in [-0.15, -0.1) is 0 Å². The number of amides is 1. The highest BCUT2D eigenvalue weighted by molar-refractivity contribution is 6.30. The fourth-order valence-electron chi connectivity index (χ4n) is 2.00. The molecule has 0 saturated carbocycles. The van der Waals surface area contributed by atoms with Gasteiger partial charge in [0.15, 0.2) is 0 Å². The van der Waals surface area contributed by atoms with Gasteiger partial charge in [-0.1, -0.05) is 23.2 Å². The zero-order valence-electron chi connectivity index (χ0n) is 12.3. The summed E-state index contributed by atoms with van der Waals surface area (Å²) in [5.41, 5.74) is 2.50. The van der Waals surface area contributed by atoms with Gasteiger partial charge in [-0.25, -0.2) is 4.98 Å². The maximum absolute atomic E-state index is 12.3. The van der Waals surface area contributed by atoms with Crippen molar-refractivity contribution < 1.29 is 4.79 Å². The van der Waals surface area contributed by atoms with Crippen LogP contribution in [0.5, 0.6) is 0 Å². The highest BCUT2D eigenvalue weighted by Crippen LogP contribution is 2.25. The van der Waals surface area contributed by atoms with Gasteiger partial charge in [-0.2, -0.15) is 0 Å². The molecule has 0 fully saturated rings. The SMILES string of the molecule is O=C(Nc1ccncc1Nc1ccc(Cl)cc1)c1ccc(Cl)nc1. The average molecular weight is 359 g/mol. The molecule has 0 unspecified atom stereocenters. The number of carbonyl (C=O) groups is 1. The van der Waals surface area contributed by atoms with Gasteiger partial charge in [0, 0.05) is 23.1 Å². The van der Waals surface area contributed by atoms with E-state index in [1.807, 2.05) is 12.1 Å². The molecule has 0 atom stereocenters. The smallest absolute Gasteiger partial charge is 0.257 e. The molecular weight excluding hydrogens is 347 g/mol. The molecule has 0 aliphatic carbocycles. The predicted octanol–water partition coefficient (Wildman–Crippen LogP) is 4.78. The number of halogens is 2. The summed E-state index contributed by atoms with van der Waals surface area (Å²) in [7, 11) is 0. The first kappa shape index (κ1) is 16.2. The first-order valence-corrected chi connectivity index (χ1v) is 7.77. The average Bonchev–Trinajstić information content (AvgIpc) is 2.59. The molecule has 0 aliphatic heterocycles. The van der Waals surface area contributed by atoms with E-state index >= 15 is 0 Å². The standard InChI is InChI=1S/C17H12Cl2N4O/c18-12-2-4-13(5-3-12)22-15-10-20-8-7-14(15)23-17(24)11-1-6-16(19)21-9-11/h1-10,22H,(H,20,23,24). The van der Waals surface area contributed by atoms with E-state index in [1.165, 1.54) is 6.20 Å². The number of benzene rings is 1. The quantitative estimate of drug-likeness (QED) is 0.658. The van der Waals surface area contributed by atoms with Crippen molar-refractivity contribution in [1.82, 2.24) is 9.97 Å². The number of pyridine rings is 2. The van der Waals surface area contributed by atoms with Crippen LogP contribution in [0.15, 0.2) is 61.1 Å². The minimum Gasteiger partial charge on any atom is -0.353 e. The second-order valence-electron chi connectivity index (χ2n) is 4.88. The van der Waals surface area contributed by atoms with Gasteiger partial charge in [0.25, 0.3) is 5.91 Å². The van der Waals surface area contributed by atoms with Gasteiger partial charge < -0.3 is 10.6 Å². The molecule has 1 aromatic carbocycles. The fraction of sp³-hybridized carbons (Fsp3) is 0. The Bertz CT molecular complexity index is 851. The number of hydrogen-bond acceptors (Lipinski definition) is 4. The van der Waals surface area contributed by atoms with E-state index in [9.17, 15) is 4.79 Å². The van der Waals surface area contributed by atoms with E-state index in [-0.39, 0.29) is 5.91 Å². The van der Waals surface area contributed by atoms with Crippen LogP contribution in [0, 0.1) is 0 Å². The zero-order chi connectivity index (χ0) is 16.9. The van der Waals surface area contributed by atoms with Gasteiger partial charge in [-0.3, -0.25) is 9.78 Å². The van der Waals surface area contributed by atoms with Crippen LogP contribution in [-0.2, 0) is 0 Å². The number of hydrogen-bond donors (Lipinski definition) is 2. The number of carbonyl (C=O) groups excluding carboxylic acids is 1. The van der Waals surface area contributed by atoms with E-state index in [4.69, 9.17) is 23.2 Å². The molecule has 3 rings (SSSR count). The largest absolute Gasteiger partial charge is 0.353 e. The van der Waals surface area contributed by atoms with Crippen molar-refractivity contribution in [2.75, 3.05) is 10.6 Å². The molecular formula is C17H12Cl2N4O. The molecule has 7 heteroatoms. The van der Waals surface area contributed by atoms with Crippen LogP contribution in [0.4, 0.5) is 17.1 Å². The van der Waals surface area contributed by atoms with Crippen molar-refractivity contribution in [1.29, 1.82) is 0 Å². The third-order valence-corrected chi connectivity index (χ3v) is 3.66. The minimum atomic E-state index is -0.287. The molecule has 0 bridgehead atoms. The second kappa shape index (κ2) is 7.29. The van der Waals surface area contributed by atoms with Crippen molar-refractivity contribution in [3.8, 4) is 0 Å². The summed E-state index contributed by atoms with van der Waals surface area (Å²) in [6.45, 7) is 0. The monoisotopic (exact) mass is 358 g/mol. The second-order valence-corrected chi connectivity index (χ2v) is 5.70. The lowest BCUT2D eigenvalue weighted by Gasteiger charge is -2.12. The third kappa shape index (κ3) is 4.01. The van der Waals surface area contributed by atoms with E-state index < -0.39 is 0 Å². The molecule has 0 radical (unpaired) electrons. The summed E-state index contributed by atoms with van der Waals surface area (Å²) >= 11 is 11.6. The Morgan fingerprint density at radius 3 is 2.42 bits per heavy atom. The van der Waals surface area contributed by atoms with E-state index in [0.29, 0.717) is 27.1 Å². The highest BCUT2D eigenvalue weighted by atomic mass is 35.5. The van der Waals surface area contributed by atoms with E-state index in [0.717, 1.165) is 5.69 Å². The van der Waals surface area contributed by atoms with Gasteiger partial charge >= 0.3 is 0 Å². The number of anilines is 3. The lowest BCUT2D eigenvalue weighted by molar-refractivity contribution is 0.102. The fourth-order valence-corrected chi connectivity index (χ4v) is 2.23. The lowest BCUT2D eigenvalue weighted by atomic mass is 10.2. The Labute approximate surface area is 148 Å². The van der Waals surface area contributed by atoms with Crippen LogP contribution in [0.1, 0.15) is 10.4 Å². The predicted molar refractivity (Wildman–Crippen MR) is 96.2 cm³/mol. The number of rotatable bonds is 4. The molecule has 3 aromatic rings. The Morgan fingerprint density at radius 1 is 0.917 bits per heavy atom. The van der Waals surface area contributed by atoms with Gasteiger partial charge in [0.1, 0.15) is 5.15 Å². The van der Waals surface area contributed by atoms with Crippen molar-refractivity contribution >= 4 is 46.2 Å². The van der Waals surface area contributed by atoms with E-state index in [2.05, 4.69) is 20.6 Å².